The van der Waals surface area contributed by atoms with Gasteiger partial charge in [0.1, 0.15) is 29.8 Å². The molecule has 54 heavy (non-hydrogen) atoms. The number of likely N-dealkylation sites (tertiary alicyclic amines) is 1. The summed E-state index contributed by atoms with van der Waals surface area (Å²) >= 11 is 3.63. The van der Waals surface area contributed by atoms with E-state index in [9.17, 15) is 14.7 Å². The van der Waals surface area contributed by atoms with Crippen molar-refractivity contribution in [3.63, 3.8) is 0 Å². The SMILES string of the molecule is CCN(CC)c1ccc(N2C/C=C\CCC(=O)NC[C@@H](c3ccccc3)OC(=O)[C@@H]3[C@H]4O[C@@]5(C=C4Br)[C@H](C2=O)N([C@H](CO)c2ccccc2)C(=O)[C@@H]35)cc1. The molecule has 3 aromatic carbocycles. The van der Waals surface area contributed by atoms with Gasteiger partial charge in [0.05, 0.1) is 25.1 Å². The molecule has 7 atom stereocenters. The molecule has 2 N–H and O–H groups in total. The molecule has 0 unspecified atom stereocenters. The maximum Gasteiger partial charge on any atom is 0.313 e. The van der Waals surface area contributed by atoms with Gasteiger partial charge in [-0.1, -0.05) is 88.7 Å². The summed E-state index contributed by atoms with van der Waals surface area (Å²) in [6.07, 6.45) is 4.33. The van der Waals surface area contributed by atoms with Crippen LogP contribution in [0.25, 0.3) is 0 Å². The van der Waals surface area contributed by atoms with Gasteiger partial charge in [-0.05, 0) is 61.7 Å². The van der Waals surface area contributed by atoms with Gasteiger partial charge < -0.3 is 34.6 Å². The predicted octanol–water partition coefficient (Wildman–Crippen LogP) is 5.22. The van der Waals surface area contributed by atoms with E-state index in [-0.39, 0.29) is 25.4 Å². The molecule has 2 fully saturated rings. The summed E-state index contributed by atoms with van der Waals surface area (Å²) in [6, 6.07) is 23.7. The van der Waals surface area contributed by atoms with E-state index in [0.29, 0.717) is 27.7 Å². The Kier molecular flexibility index (Phi) is 11.1. The molecule has 2 saturated heterocycles. The Morgan fingerprint density at radius 2 is 1.61 bits per heavy atom. The van der Waals surface area contributed by atoms with Crippen LogP contribution in [0.4, 0.5) is 11.4 Å². The lowest BCUT2D eigenvalue weighted by Gasteiger charge is -2.39. The molecular weight excluding hydrogens is 752 g/mol. The molecule has 7 rings (SSSR count). The largest absolute Gasteiger partial charge is 0.455 e. The van der Waals surface area contributed by atoms with Crippen molar-refractivity contribution in [1.82, 2.24) is 10.2 Å². The minimum absolute atomic E-state index is 0.0302. The number of benzene rings is 3. The fourth-order valence-electron chi connectivity index (χ4n) is 8.39. The minimum atomic E-state index is -1.56. The maximum absolute atomic E-state index is 15.4. The first-order valence-corrected chi connectivity index (χ1v) is 19.4. The van der Waals surface area contributed by atoms with Gasteiger partial charge in [-0.25, -0.2) is 0 Å². The third kappa shape index (κ3) is 6.75. The Labute approximate surface area is 323 Å². The summed E-state index contributed by atoms with van der Waals surface area (Å²) < 4.78 is 13.5. The summed E-state index contributed by atoms with van der Waals surface area (Å²) in [4.78, 5) is 63.2. The van der Waals surface area contributed by atoms with Crippen molar-refractivity contribution in [1.29, 1.82) is 0 Å². The molecule has 11 nitrogen and oxygen atoms in total. The highest BCUT2D eigenvalue weighted by atomic mass is 79.9. The third-order valence-corrected chi connectivity index (χ3v) is 11.7. The predicted molar refractivity (Wildman–Crippen MR) is 208 cm³/mol. The highest BCUT2D eigenvalue weighted by molar-refractivity contribution is 9.11. The van der Waals surface area contributed by atoms with E-state index in [1.165, 1.54) is 4.90 Å². The smallest absolute Gasteiger partial charge is 0.313 e. The minimum Gasteiger partial charge on any atom is -0.455 e. The second-order valence-corrected chi connectivity index (χ2v) is 14.9. The van der Waals surface area contributed by atoms with Gasteiger partial charge in [0.15, 0.2) is 0 Å². The Hall–Kier alpha value is -4.78. The van der Waals surface area contributed by atoms with Gasteiger partial charge in [0, 0.05) is 41.9 Å². The molecule has 3 amide bonds. The van der Waals surface area contributed by atoms with E-state index >= 15 is 9.59 Å². The van der Waals surface area contributed by atoms with Crippen molar-refractivity contribution in [2.24, 2.45) is 11.8 Å². The second kappa shape index (κ2) is 15.9. The number of carbonyl (C=O) groups is 4. The quantitative estimate of drug-likeness (QED) is 0.235. The second-order valence-electron chi connectivity index (χ2n) is 14.0. The lowest BCUT2D eigenvalue weighted by atomic mass is 9.74. The zero-order chi connectivity index (χ0) is 38.0. The molecule has 282 valence electrons. The third-order valence-electron chi connectivity index (χ3n) is 11.0. The van der Waals surface area contributed by atoms with Gasteiger partial charge in [-0.15, -0.1) is 0 Å². The number of nitrogens with one attached hydrogen (secondary N) is 1. The van der Waals surface area contributed by atoms with E-state index in [1.54, 1.807) is 23.1 Å². The van der Waals surface area contributed by atoms with Crippen LogP contribution in [0.2, 0.25) is 0 Å². The molecule has 0 aliphatic carbocycles. The van der Waals surface area contributed by atoms with Crippen LogP contribution in [0.5, 0.6) is 0 Å². The molecule has 1 spiro atoms. The number of halogens is 1. The molecule has 5 bridgehead atoms. The van der Waals surface area contributed by atoms with Crippen molar-refractivity contribution in [2.75, 3.05) is 42.6 Å². The number of nitrogens with zero attached hydrogens (tertiary/aromatic N) is 3. The van der Waals surface area contributed by atoms with Crippen molar-refractivity contribution in [3.05, 3.63) is 119 Å². The van der Waals surface area contributed by atoms with Gasteiger partial charge in [0.2, 0.25) is 11.8 Å². The zero-order valence-electron chi connectivity index (χ0n) is 30.3. The van der Waals surface area contributed by atoms with Crippen LogP contribution in [0, 0.1) is 11.8 Å². The van der Waals surface area contributed by atoms with Crippen molar-refractivity contribution in [2.45, 2.75) is 56.6 Å². The number of hydrogen-bond donors (Lipinski definition) is 2. The highest BCUT2D eigenvalue weighted by Gasteiger charge is 2.75. The summed E-state index contributed by atoms with van der Waals surface area (Å²) in [7, 11) is 0. The van der Waals surface area contributed by atoms with E-state index in [2.05, 4.69) is 40.0 Å². The topological polar surface area (TPSA) is 129 Å². The van der Waals surface area contributed by atoms with Crippen molar-refractivity contribution in [3.8, 4) is 0 Å². The molecule has 4 aliphatic rings. The molecule has 12 heteroatoms. The molecule has 0 aromatic heterocycles. The number of allylic oxidation sites excluding steroid dienone is 1. The fraction of sp³-hybridized carbons (Fsp3) is 0.381. The number of fused-ring (bicyclic) bond motifs is 2. The first-order valence-electron chi connectivity index (χ1n) is 18.6. The summed E-state index contributed by atoms with van der Waals surface area (Å²) in [5.74, 6) is -4.07. The number of esters is 1. The number of ether oxygens (including phenoxy) is 2. The normalized spacial score (nSPS) is 28.3. The van der Waals surface area contributed by atoms with Crippen LogP contribution < -0.4 is 15.1 Å². The van der Waals surface area contributed by atoms with Gasteiger partial charge >= 0.3 is 5.97 Å². The van der Waals surface area contributed by atoms with Gasteiger partial charge in [-0.2, -0.15) is 0 Å². The zero-order valence-corrected chi connectivity index (χ0v) is 31.9. The monoisotopic (exact) mass is 796 g/mol. The number of aliphatic hydroxyl groups excluding tert-OH is 1. The van der Waals surface area contributed by atoms with Crippen LogP contribution in [0.3, 0.4) is 0 Å². The Morgan fingerprint density at radius 1 is 0.926 bits per heavy atom. The Bertz CT molecular complexity index is 1920. The van der Waals surface area contributed by atoms with Crippen LogP contribution in [0.1, 0.15) is 50.0 Å². The molecular formula is C42H45BrN4O7. The summed E-state index contributed by atoms with van der Waals surface area (Å²) in [6.45, 7) is 5.48. The molecule has 4 heterocycles. The van der Waals surface area contributed by atoms with E-state index < -0.39 is 66.1 Å². The Morgan fingerprint density at radius 3 is 2.28 bits per heavy atom. The number of anilines is 2. The Balaban J connectivity index is 1.36. The molecule has 0 saturated carbocycles. The number of rotatable bonds is 8. The average molecular weight is 798 g/mol. The highest BCUT2D eigenvalue weighted by Crippen LogP contribution is 2.60. The van der Waals surface area contributed by atoms with Crippen molar-refractivity contribution < 1.29 is 33.8 Å². The van der Waals surface area contributed by atoms with Crippen LogP contribution in [-0.2, 0) is 28.7 Å². The lowest BCUT2D eigenvalue weighted by molar-refractivity contribution is -0.160. The molecule has 0 radical (unpaired) electrons. The first kappa shape index (κ1) is 37.5. The van der Waals surface area contributed by atoms with Gasteiger partial charge in [0.25, 0.3) is 5.91 Å². The van der Waals surface area contributed by atoms with E-state index in [4.69, 9.17) is 9.47 Å². The number of aliphatic hydroxyl groups is 1. The van der Waals surface area contributed by atoms with Crippen LogP contribution in [0.15, 0.2) is 108 Å². The van der Waals surface area contributed by atoms with Gasteiger partial charge in [-0.3, -0.25) is 19.2 Å². The van der Waals surface area contributed by atoms with Crippen molar-refractivity contribution >= 4 is 51.0 Å². The summed E-state index contributed by atoms with van der Waals surface area (Å²) in [5, 5.41) is 13.9. The van der Waals surface area contributed by atoms with E-state index in [0.717, 1.165) is 18.8 Å². The molecule has 3 aromatic rings. The maximum atomic E-state index is 15.4. The number of hydrogen-bond acceptors (Lipinski definition) is 8. The number of carbonyl (C=O) groups excluding carboxylic acids is 4. The van der Waals surface area contributed by atoms with Crippen LogP contribution >= 0.6 is 15.9 Å². The lowest BCUT2D eigenvalue weighted by Crippen LogP contribution is -2.57. The standard InChI is InChI=1S/C42H45BrN4O7/c1-3-45(4-2)29-19-21-30(22-20-29)46-23-13-7-12-18-34(49)44-25-33(28-16-10-6-11-17-28)53-41(52)35-36-39(50)47(32(26-48)27-14-8-5-9-15-27)38(40(46)51)42(36)24-31(43)37(35)54-42/h5-11,13-17,19-22,24,32-33,35-38,48H,3-4,12,18,23,25-26H2,1-2H3,(H,44,49)/b13-7-/t32-,33+,35+,36-,37+,38+,42-/m1/s1. The number of cyclic esters (lactones) is 1. The number of amides is 3. The molecule has 4 aliphatic heterocycles. The average Bonchev–Trinajstić information content (AvgIpc) is 3.79. The van der Waals surface area contributed by atoms with Crippen LogP contribution in [-0.4, -0.2) is 84.2 Å². The summed E-state index contributed by atoms with van der Waals surface area (Å²) in [5.41, 5.74) is 1.36. The fourth-order valence-corrected chi connectivity index (χ4v) is 9.13. The first-order chi connectivity index (χ1) is 26.2. The van der Waals surface area contributed by atoms with E-state index in [1.807, 2.05) is 84.9 Å².